The molecule has 0 bridgehead atoms. The van der Waals surface area contributed by atoms with Crippen LogP contribution in [0.4, 0.5) is 0 Å². The first kappa shape index (κ1) is 15.0. The van der Waals surface area contributed by atoms with Crippen LogP contribution in [0.3, 0.4) is 0 Å². The summed E-state index contributed by atoms with van der Waals surface area (Å²) in [5.74, 6) is -0.00534. The number of benzene rings is 1. The first-order chi connectivity index (χ1) is 8.18. The fraction of sp³-hybridized carbons (Fsp3) is 0.462. The van der Waals surface area contributed by atoms with Gasteiger partial charge in [0.25, 0.3) is 0 Å². The molecule has 1 saturated heterocycles. The summed E-state index contributed by atoms with van der Waals surface area (Å²) in [6.45, 7) is 3.50. The molecule has 0 aliphatic carbocycles. The molecule has 2 atom stereocenters. The molecular weight excluding hydrogens is 252 g/mol. The second kappa shape index (κ2) is 6.73. The predicted molar refractivity (Wildman–Crippen MR) is 72.6 cm³/mol. The molecule has 1 heterocycles. The number of hydrogen-bond donors (Lipinski definition) is 1. The standard InChI is InChI=1S/C13H18N2O2.ClH/c1-10(14)13(16)15-7-8-17-12(9-15)11-5-3-2-4-6-11;/h2-6,10,12H,7-9,14H2,1H3;1H/t10-,12?;/m0./s1. The molecule has 1 aliphatic rings. The van der Waals surface area contributed by atoms with E-state index in [1.807, 2.05) is 30.3 Å². The largest absolute Gasteiger partial charge is 0.370 e. The Morgan fingerprint density at radius 2 is 2.11 bits per heavy atom. The maximum atomic E-state index is 11.8. The normalized spacial score (nSPS) is 21.0. The van der Waals surface area contributed by atoms with Crippen LogP contribution in [0, 0.1) is 0 Å². The molecule has 18 heavy (non-hydrogen) atoms. The van der Waals surface area contributed by atoms with Crippen LogP contribution >= 0.6 is 12.4 Å². The summed E-state index contributed by atoms with van der Waals surface area (Å²) in [6.07, 6.45) is -0.0346. The van der Waals surface area contributed by atoms with E-state index in [1.165, 1.54) is 0 Å². The van der Waals surface area contributed by atoms with E-state index in [1.54, 1.807) is 11.8 Å². The Bertz CT molecular complexity index is 384. The Kier molecular flexibility index (Phi) is 5.59. The lowest BCUT2D eigenvalue weighted by Gasteiger charge is -2.34. The summed E-state index contributed by atoms with van der Waals surface area (Å²) >= 11 is 0. The number of amides is 1. The van der Waals surface area contributed by atoms with E-state index in [4.69, 9.17) is 10.5 Å². The van der Waals surface area contributed by atoms with Crippen LogP contribution in [0.5, 0.6) is 0 Å². The topological polar surface area (TPSA) is 55.6 Å². The van der Waals surface area contributed by atoms with E-state index < -0.39 is 6.04 Å². The number of ether oxygens (including phenoxy) is 1. The Morgan fingerprint density at radius 3 is 2.72 bits per heavy atom. The van der Waals surface area contributed by atoms with E-state index >= 15 is 0 Å². The Labute approximate surface area is 114 Å². The third-order valence-corrected chi connectivity index (χ3v) is 2.94. The highest BCUT2D eigenvalue weighted by Crippen LogP contribution is 2.22. The van der Waals surface area contributed by atoms with E-state index in [2.05, 4.69) is 0 Å². The monoisotopic (exact) mass is 270 g/mol. The highest BCUT2D eigenvalue weighted by molar-refractivity contribution is 5.85. The van der Waals surface area contributed by atoms with Gasteiger partial charge < -0.3 is 15.4 Å². The second-order valence-electron chi connectivity index (χ2n) is 4.34. The van der Waals surface area contributed by atoms with Gasteiger partial charge >= 0.3 is 0 Å². The maximum absolute atomic E-state index is 11.8. The molecule has 2 rings (SSSR count). The quantitative estimate of drug-likeness (QED) is 0.883. The summed E-state index contributed by atoms with van der Waals surface area (Å²) < 4.78 is 5.69. The van der Waals surface area contributed by atoms with Crippen molar-refractivity contribution in [1.82, 2.24) is 4.90 Å². The van der Waals surface area contributed by atoms with Crippen molar-refractivity contribution in [3.8, 4) is 0 Å². The van der Waals surface area contributed by atoms with Crippen LogP contribution in [0.25, 0.3) is 0 Å². The van der Waals surface area contributed by atoms with Crippen molar-refractivity contribution >= 4 is 18.3 Å². The summed E-state index contributed by atoms with van der Waals surface area (Å²) in [6, 6.07) is 9.52. The number of rotatable bonds is 2. The fourth-order valence-corrected chi connectivity index (χ4v) is 2.01. The van der Waals surface area contributed by atoms with Gasteiger partial charge in [0.2, 0.25) is 5.91 Å². The first-order valence-electron chi connectivity index (χ1n) is 5.89. The summed E-state index contributed by atoms with van der Waals surface area (Å²) in [5.41, 5.74) is 6.73. The molecule has 1 aliphatic heterocycles. The van der Waals surface area contributed by atoms with Crippen molar-refractivity contribution in [1.29, 1.82) is 0 Å². The van der Waals surface area contributed by atoms with Crippen LogP contribution in [-0.4, -0.2) is 36.5 Å². The molecule has 1 aromatic carbocycles. The van der Waals surface area contributed by atoms with Crippen molar-refractivity contribution in [2.45, 2.75) is 19.1 Å². The van der Waals surface area contributed by atoms with Gasteiger partial charge in [0, 0.05) is 6.54 Å². The van der Waals surface area contributed by atoms with E-state index in [-0.39, 0.29) is 24.4 Å². The van der Waals surface area contributed by atoms with Gasteiger partial charge in [-0.15, -0.1) is 12.4 Å². The lowest BCUT2D eigenvalue weighted by atomic mass is 10.1. The van der Waals surface area contributed by atoms with Crippen LogP contribution in [0.1, 0.15) is 18.6 Å². The minimum Gasteiger partial charge on any atom is -0.370 e. The fourth-order valence-electron chi connectivity index (χ4n) is 2.01. The lowest BCUT2D eigenvalue weighted by Crippen LogP contribution is -2.48. The van der Waals surface area contributed by atoms with Crippen LogP contribution in [0.2, 0.25) is 0 Å². The number of halogens is 1. The molecule has 0 aromatic heterocycles. The maximum Gasteiger partial charge on any atom is 0.239 e. The van der Waals surface area contributed by atoms with Gasteiger partial charge in [-0.3, -0.25) is 4.79 Å². The molecule has 1 amide bonds. The summed E-state index contributed by atoms with van der Waals surface area (Å²) in [4.78, 5) is 13.6. The molecular formula is C13H19ClN2O2. The van der Waals surface area contributed by atoms with Crippen molar-refractivity contribution in [2.75, 3.05) is 19.7 Å². The van der Waals surface area contributed by atoms with Gasteiger partial charge in [-0.1, -0.05) is 30.3 Å². The number of nitrogens with zero attached hydrogens (tertiary/aromatic N) is 1. The zero-order valence-corrected chi connectivity index (χ0v) is 11.2. The lowest BCUT2D eigenvalue weighted by molar-refractivity contribution is -0.140. The zero-order chi connectivity index (χ0) is 12.3. The number of carbonyl (C=O) groups is 1. The van der Waals surface area contributed by atoms with Gasteiger partial charge in [-0.05, 0) is 12.5 Å². The summed E-state index contributed by atoms with van der Waals surface area (Å²) in [5, 5.41) is 0. The molecule has 0 saturated carbocycles. The molecule has 1 aromatic rings. The molecule has 0 radical (unpaired) electrons. The Morgan fingerprint density at radius 1 is 1.44 bits per heavy atom. The third kappa shape index (κ3) is 3.45. The zero-order valence-electron chi connectivity index (χ0n) is 10.4. The highest BCUT2D eigenvalue weighted by atomic mass is 35.5. The SMILES string of the molecule is C[C@H](N)C(=O)N1CCOC(c2ccccc2)C1.Cl. The minimum absolute atomic E-state index is 0. The summed E-state index contributed by atoms with van der Waals surface area (Å²) in [7, 11) is 0. The number of hydrogen-bond acceptors (Lipinski definition) is 3. The van der Waals surface area contributed by atoms with Crippen molar-refractivity contribution in [3.05, 3.63) is 35.9 Å². The third-order valence-electron chi connectivity index (χ3n) is 2.94. The average Bonchev–Trinajstić information content (AvgIpc) is 2.39. The van der Waals surface area contributed by atoms with Crippen molar-refractivity contribution in [3.63, 3.8) is 0 Å². The second-order valence-corrected chi connectivity index (χ2v) is 4.34. The smallest absolute Gasteiger partial charge is 0.239 e. The van der Waals surface area contributed by atoms with Gasteiger partial charge in [0.05, 0.1) is 19.2 Å². The Hall–Kier alpha value is -1.10. The van der Waals surface area contributed by atoms with Crippen molar-refractivity contribution in [2.24, 2.45) is 5.73 Å². The molecule has 100 valence electrons. The predicted octanol–water partition coefficient (Wildman–Crippen LogP) is 1.36. The van der Waals surface area contributed by atoms with Crippen LogP contribution in [-0.2, 0) is 9.53 Å². The molecule has 0 spiro atoms. The average molecular weight is 271 g/mol. The van der Waals surface area contributed by atoms with Crippen LogP contribution < -0.4 is 5.73 Å². The van der Waals surface area contributed by atoms with E-state index in [0.717, 1.165) is 5.56 Å². The molecule has 1 unspecified atom stereocenters. The van der Waals surface area contributed by atoms with Gasteiger partial charge in [-0.25, -0.2) is 0 Å². The number of nitrogens with two attached hydrogens (primary N) is 1. The Balaban J connectivity index is 0.00000162. The molecule has 1 fully saturated rings. The molecule has 4 nitrogen and oxygen atoms in total. The minimum atomic E-state index is -0.440. The van der Waals surface area contributed by atoms with Gasteiger partial charge in [-0.2, -0.15) is 0 Å². The van der Waals surface area contributed by atoms with Crippen molar-refractivity contribution < 1.29 is 9.53 Å². The number of carbonyl (C=O) groups excluding carboxylic acids is 1. The van der Waals surface area contributed by atoms with E-state index in [9.17, 15) is 4.79 Å². The highest BCUT2D eigenvalue weighted by Gasteiger charge is 2.26. The molecule has 5 heteroatoms. The van der Waals surface area contributed by atoms with E-state index in [0.29, 0.717) is 19.7 Å². The number of morpholine rings is 1. The van der Waals surface area contributed by atoms with Gasteiger partial charge in [0.15, 0.2) is 0 Å². The molecule has 2 N–H and O–H groups in total. The van der Waals surface area contributed by atoms with Gasteiger partial charge in [0.1, 0.15) is 6.10 Å². The van der Waals surface area contributed by atoms with Crippen LogP contribution in [0.15, 0.2) is 30.3 Å². The first-order valence-corrected chi connectivity index (χ1v) is 5.89.